The number of hydrogen-bond donors (Lipinski definition) is 1. The van der Waals surface area contributed by atoms with Crippen LogP contribution in [0.1, 0.15) is 18.1 Å². The summed E-state index contributed by atoms with van der Waals surface area (Å²) in [5.41, 5.74) is 2.17. The standard InChI is InChI=1S/C19H23NO3S/c1-3-23-18-7-5-4-6-16(18)12-20-19(21)14-24-13-15-8-10-17(22-2)11-9-15/h4-11H,3,12-14H2,1-2H3,(H,20,21). The van der Waals surface area contributed by atoms with E-state index in [2.05, 4.69) is 5.32 Å². The zero-order valence-corrected chi connectivity index (χ0v) is 14.9. The van der Waals surface area contributed by atoms with Crippen LogP contribution >= 0.6 is 11.8 Å². The van der Waals surface area contributed by atoms with Gasteiger partial charge in [-0.2, -0.15) is 0 Å². The average Bonchev–Trinajstić information content (AvgIpc) is 2.62. The molecule has 0 aromatic heterocycles. The number of amides is 1. The van der Waals surface area contributed by atoms with Gasteiger partial charge in [-0.25, -0.2) is 0 Å². The van der Waals surface area contributed by atoms with Gasteiger partial charge in [-0.05, 0) is 30.7 Å². The highest BCUT2D eigenvalue weighted by Gasteiger charge is 2.06. The van der Waals surface area contributed by atoms with Crippen molar-refractivity contribution in [3.63, 3.8) is 0 Å². The fourth-order valence-electron chi connectivity index (χ4n) is 2.17. The Morgan fingerprint density at radius 2 is 1.88 bits per heavy atom. The Morgan fingerprint density at radius 1 is 1.12 bits per heavy atom. The van der Waals surface area contributed by atoms with Crippen molar-refractivity contribution in [2.75, 3.05) is 19.5 Å². The van der Waals surface area contributed by atoms with Gasteiger partial charge in [-0.1, -0.05) is 30.3 Å². The number of hydrogen-bond acceptors (Lipinski definition) is 4. The maximum atomic E-state index is 12.0. The SMILES string of the molecule is CCOc1ccccc1CNC(=O)CSCc1ccc(OC)cc1. The molecule has 2 aromatic rings. The van der Waals surface area contributed by atoms with Gasteiger partial charge >= 0.3 is 0 Å². The first-order valence-electron chi connectivity index (χ1n) is 7.91. The van der Waals surface area contributed by atoms with Gasteiger partial charge in [-0.3, -0.25) is 4.79 Å². The number of ether oxygens (including phenoxy) is 2. The highest BCUT2D eigenvalue weighted by atomic mass is 32.2. The average molecular weight is 345 g/mol. The molecule has 2 rings (SSSR count). The molecule has 24 heavy (non-hydrogen) atoms. The second-order valence-corrected chi connectivity index (χ2v) is 6.14. The van der Waals surface area contributed by atoms with Crippen LogP contribution in [-0.2, 0) is 17.1 Å². The lowest BCUT2D eigenvalue weighted by atomic mass is 10.2. The van der Waals surface area contributed by atoms with Gasteiger partial charge in [0.15, 0.2) is 0 Å². The van der Waals surface area contributed by atoms with Crippen LogP contribution in [0, 0.1) is 0 Å². The molecule has 0 spiro atoms. The van der Waals surface area contributed by atoms with Crippen LogP contribution in [0.15, 0.2) is 48.5 Å². The summed E-state index contributed by atoms with van der Waals surface area (Å²) in [5, 5.41) is 2.94. The summed E-state index contributed by atoms with van der Waals surface area (Å²) in [7, 11) is 1.65. The quantitative estimate of drug-likeness (QED) is 0.754. The summed E-state index contributed by atoms with van der Waals surface area (Å²) in [6, 6.07) is 15.7. The molecule has 0 radical (unpaired) electrons. The zero-order valence-electron chi connectivity index (χ0n) is 14.1. The predicted octanol–water partition coefficient (Wildman–Crippen LogP) is 3.64. The van der Waals surface area contributed by atoms with Gasteiger partial charge < -0.3 is 14.8 Å². The van der Waals surface area contributed by atoms with Crippen LogP contribution in [0.2, 0.25) is 0 Å². The topological polar surface area (TPSA) is 47.6 Å². The van der Waals surface area contributed by atoms with Crippen LogP contribution in [0.3, 0.4) is 0 Å². The van der Waals surface area contributed by atoms with Crippen molar-refractivity contribution in [2.45, 2.75) is 19.2 Å². The predicted molar refractivity (Wildman–Crippen MR) is 98.6 cm³/mol. The van der Waals surface area contributed by atoms with E-state index in [0.29, 0.717) is 18.9 Å². The molecule has 0 saturated heterocycles. The van der Waals surface area contributed by atoms with Crippen molar-refractivity contribution in [2.24, 2.45) is 0 Å². The molecule has 0 heterocycles. The lowest BCUT2D eigenvalue weighted by Crippen LogP contribution is -2.24. The smallest absolute Gasteiger partial charge is 0.230 e. The molecule has 1 N–H and O–H groups in total. The van der Waals surface area contributed by atoms with Gasteiger partial charge in [-0.15, -0.1) is 11.8 Å². The number of carbonyl (C=O) groups excluding carboxylic acids is 1. The van der Waals surface area contributed by atoms with Crippen molar-refractivity contribution in [1.82, 2.24) is 5.32 Å². The van der Waals surface area contributed by atoms with Crippen molar-refractivity contribution in [1.29, 1.82) is 0 Å². The minimum absolute atomic E-state index is 0.0276. The third kappa shape index (κ3) is 5.81. The van der Waals surface area contributed by atoms with E-state index in [9.17, 15) is 4.79 Å². The molecule has 0 aliphatic rings. The van der Waals surface area contributed by atoms with E-state index >= 15 is 0 Å². The van der Waals surface area contributed by atoms with Crippen LogP contribution in [0.25, 0.3) is 0 Å². The fourth-order valence-corrected chi connectivity index (χ4v) is 2.99. The highest BCUT2D eigenvalue weighted by molar-refractivity contribution is 7.99. The van der Waals surface area contributed by atoms with Crippen molar-refractivity contribution in [3.8, 4) is 11.5 Å². The van der Waals surface area contributed by atoms with E-state index in [1.54, 1.807) is 18.9 Å². The monoisotopic (exact) mass is 345 g/mol. The molecule has 2 aromatic carbocycles. The number of thioether (sulfide) groups is 1. The number of carbonyl (C=O) groups is 1. The van der Waals surface area contributed by atoms with E-state index in [-0.39, 0.29) is 5.91 Å². The molecule has 0 saturated carbocycles. The van der Waals surface area contributed by atoms with Gasteiger partial charge in [0, 0.05) is 17.9 Å². The molecule has 0 fully saturated rings. The summed E-state index contributed by atoms with van der Waals surface area (Å²) >= 11 is 1.59. The Hall–Kier alpha value is -2.14. The summed E-state index contributed by atoms with van der Waals surface area (Å²) < 4.78 is 10.7. The van der Waals surface area contributed by atoms with Gasteiger partial charge in [0.05, 0.1) is 19.5 Å². The molecular formula is C19H23NO3S. The Morgan fingerprint density at radius 3 is 2.58 bits per heavy atom. The number of benzene rings is 2. The normalized spacial score (nSPS) is 10.2. The third-order valence-electron chi connectivity index (χ3n) is 3.41. The van der Waals surface area contributed by atoms with E-state index in [1.165, 1.54) is 5.56 Å². The number of rotatable bonds is 9. The van der Waals surface area contributed by atoms with Crippen LogP contribution < -0.4 is 14.8 Å². The summed E-state index contributed by atoms with van der Waals surface area (Å²) in [4.78, 5) is 12.0. The molecule has 5 heteroatoms. The molecule has 0 aliphatic heterocycles. The van der Waals surface area contributed by atoms with Gasteiger partial charge in [0.1, 0.15) is 11.5 Å². The molecule has 0 unspecified atom stereocenters. The molecular weight excluding hydrogens is 322 g/mol. The molecule has 128 valence electrons. The van der Waals surface area contributed by atoms with E-state index in [1.807, 2.05) is 55.5 Å². The van der Waals surface area contributed by atoms with Crippen LogP contribution in [-0.4, -0.2) is 25.4 Å². The molecule has 0 bridgehead atoms. The molecule has 4 nitrogen and oxygen atoms in total. The Kier molecular flexibility index (Phi) is 7.49. The second-order valence-electron chi connectivity index (χ2n) is 5.16. The van der Waals surface area contributed by atoms with Crippen LogP contribution in [0.5, 0.6) is 11.5 Å². The number of para-hydroxylation sites is 1. The lowest BCUT2D eigenvalue weighted by Gasteiger charge is -2.11. The van der Waals surface area contributed by atoms with Crippen LogP contribution in [0.4, 0.5) is 0 Å². The van der Waals surface area contributed by atoms with Crippen molar-refractivity contribution in [3.05, 3.63) is 59.7 Å². The van der Waals surface area contributed by atoms with Crippen molar-refractivity contribution < 1.29 is 14.3 Å². The van der Waals surface area contributed by atoms with Gasteiger partial charge in [0.2, 0.25) is 5.91 Å². The first-order chi connectivity index (χ1) is 11.7. The first-order valence-corrected chi connectivity index (χ1v) is 9.06. The Bertz CT molecular complexity index is 643. The Labute approximate surface area is 147 Å². The third-order valence-corrected chi connectivity index (χ3v) is 4.41. The van der Waals surface area contributed by atoms with Gasteiger partial charge in [0.25, 0.3) is 0 Å². The number of methoxy groups -OCH3 is 1. The summed E-state index contributed by atoms with van der Waals surface area (Å²) in [6.07, 6.45) is 0. The Balaban J connectivity index is 1.73. The zero-order chi connectivity index (χ0) is 17.2. The molecule has 1 amide bonds. The maximum Gasteiger partial charge on any atom is 0.230 e. The largest absolute Gasteiger partial charge is 0.497 e. The highest BCUT2D eigenvalue weighted by Crippen LogP contribution is 2.18. The molecule has 0 aliphatic carbocycles. The number of nitrogens with one attached hydrogen (secondary N) is 1. The molecule has 0 atom stereocenters. The van der Waals surface area contributed by atoms with E-state index in [0.717, 1.165) is 22.8 Å². The fraction of sp³-hybridized carbons (Fsp3) is 0.316. The van der Waals surface area contributed by atoms with E-state index < -0.39 is 0 Å². The van der Waals surface area contributed by atoms with Crippen molar-refractivity contribution >= 4 is 17.7 Å². The minimum Gasteiger partial charge on any atom is -0.497 e. The summed E-state index contributed by atoms with van der Waals surface area (Å²) in [5.74, 6) is 2.93. The summed E-state index contributed by atoms with van der Waals surface area (Å²) in [6.45, 7) is 3.05. The minimum atomic E-state index is 0.0276. The van der Waals surface area contributed by atoms with E-state index in [4.69, 9.17) is 9.47 Å². The lowest BCUT2D eigenvalue weighted by molar-refractivity contribution is -0.118. The second kappa shape index (κ2) is 9.88. The maximum absolute atomic E-state index is 12.0. The first kappa shape index (κ1) is 18.2.